The largest absolute Gasteiger partial charge is 0.326 e. The van der Waals surface area contributed by atoms with E-state index in [9.17, 15) is 4.79 Å². The number of rotatable bonds is 8. The van der Waals surface area contributed by atoms with Crippen molar-refractivity contribution in [1.82, 2.24) is 0 Å². The van der Waals surface area contributed by atoms with Crippen LogP contribution in [0.3, 0.4) is 0 Å². The Bertz CT molecular complexity index is 457. The van der Waals surface area contributed by atoms with Crippen LogP contribution in [-0.4, -0.2) is 5.91 Å². The van der Waals surface area contributed by atoms with Crippen LogP contribution in [0.25, 0.3) is 0 Å². The van der Waals surface area contributed by atoms with Gasteiger partial charge in [0.15, 0.2) is 0 Å². The van der Waals surface area contributed by atoms with Crippen molar-refractivity contribution in [3.05, 3.63) is 29.8 Å². The Kier molecular flexibility index (Phi) is 7.64. The van der Waals surface area contributed by atoms with Gasteiger partial charge < -0.3 is 5.32 Å². The maximum Gasteiger partial charge on any atom is 0.227 e. The lowest BCUT2D eigenvalue weighted by atomic mass is 9.79. The third-order valence-electron chi connectivity index (χ3n) is 5.22. The van der Waals surface area contributed by atoms with Crippen molar-refractivity contribution in [2.24, 2.45) is 11.8 Å². The van der Waals surface area contributed by atoms with Crippen molar-refractivity contribution in [2.75, 3.05) is 5.32 Å². The van der Waals surface area contributed by atoms with Crippen LogP contribution in [0.5, 0.6) is 0 Å². The van der Waals surface area contributed by atoms with E-state index in [-0.39, 0.29) is 11.8 Å². The van der Waals surface area contributed by atoms with E-state index < -0.39 is 0 Å². The molecule has 0 spiro atoms. The molecule has 0 unspecified atom stereocenters. The minimum atomic E-state index is 0.215. The molecule has 2 nitrogen and oxygen atoms in total. The van der Waals surface area contributed by atoms with Crippen molar-refractivity contribution < 1.29 is 4.79 Å². The fraction of sp³-hybridized carbons (Fsp3) is 0.667. The van der Waals surface area contributed by atoms with Crippen LogP contribution in [-0.2, 0) is 11.2 Å². The Morgan fingerprint density at radius 2 is 1.65 bits per heavy atom. The van der Waals surface area contributed by atoms with Gasteiger partial charge in [-0.2, -0.15) is 0 Å². The number of benzene rings is 1. The van der Waals surface area contributed by atoms with Gasteiger partial charge in [0.2, 0.25) is 5.91 Å². The van der Waals surface area contributed by atoms with Gasteiger partial charge in [0.05, 0.1) is 0 Å². The van der Waals surface area contributed by atoms with Crippen molar-refractivity contribution in [3.63, 3.8) is 0 Å². The summed E-state index contributed by atoms with van der Waals surface area (Å²) in [6.45, 7) is 4.47. The van der Waals surface area contributed by atoms with Gasteiger partial charge in [-0.15, -0.1) is 0 Å². The first-order valence-corrected chi connectivity index (χ1v) is 9.62. The fourth-order valence-electron chi connectivity index (χ4n) is 3.59. The van der Waals surface area contributed by atoms with Crippen molar-refractivity contribution in [2.45, 2.75) is 78.1 Å². The molecule has 0 bridgehead atoms. The number of anilines is 1. The quantitative estimate of drug-likeness (QED) is 0.629. The molecule has 1 N–H and O–H groups in total. The molecule has 1 aliphatic rings. The number of aryl methyl sites for hydroxylation is 1. The maximum absolute atomic E-state index is 12.4. The molecule has 0 atom stereocenters. The Labute approximate surface area is 142 Å². The zero-order valence-electron chi connectivity index (χ0n) is 14.9. The molecule has 1 saturated carbocycles. The van der Waals surface area contributed by atoms with Crippen LogP contribution in [0.1, 0.15) is 77.2 Å². The van der Waals surface area contributed by atoms with Crippen molar-refractivity contribution in [1.29, 1.82) is 0 Å². The highest BCUT2D eigenvalue weighted by atomic mass is 16.1. The molecule has 0 heterocycles. The monoisotopic (exact) mass is 315 g/mol. The van der Waals surface area contributed by atoms with Gasteiger partial charge in [0.25, 0.3) is 0 Å². The molecule has 2 rings (SSSR count). The van der Waals surface area contributed by atoms with E-state index in [1.54, 1.807) is 0 Å². The van der Waals surface area contributed by atoms with Crippen LogP contribution >= 0.6 is 0 Å². The van der Waals surface area contributed by atoms with Gasteiger partial charge in [0, 0.05) is 11.6 Å². The van der Waals surface area contributed by atoms with Crippen molar-refractivity contribution >= 4 is 11.6 Å². The van der Waals surface area contributed by atoms with E-state index in [1.165, 1.54) is 50.5 Å². The van der Waals surface area contributed by atoms with Gasteiger partial charge >= 0.3 is 0 Å². The fourth-order valence-corrected chi connectivity index (χ4v) is 3.59. The van der Waals surface area contributed by atoms with E-state index in [1.807, 2.05) is 0 Å². The number of amides is 1. The van der Waals surface area contributed by atoms with Crippen molar-refractivity contribution in [3.8, 4) is 0 Å². The summed E-state index contributed by atoms with van der Waals surface area (Å²) in [7, 11) is 0. The number of carbonyl (C=O) groups excluding carboxylic acids is 1. The standard InChI is InChI=1S/C21H33NO/c1-3-5-7-17-9-13-19(14-10-17)21(23)22-20-15-11-18(12-16-20)8-6-4-2/h11-12,15-17,19H,3-10,13-14H2,1-2H3,(H,22,23). The Balaban J connectivity index is 1.76. The lowest BCUT2D eigenvalue weighted by Gasteiger charge is -2.27. The second kappa shape index (κ2) is 9.75. The molecular formula is C21H33NO. The normalized spacial score (nSPS) is 21.1. The van der Waals surface area contributed by atoms with E-state index in [2.05, 4.69) is 43.4 Å². The lowest BCUT2D eigenvalue weighted by Crippen LogP contribution is -2.27. The topological polar surface area (TPSA) is 29.1 Å². The van der Waals surface area contributed by atoms with Crippen LogP contribution < -0.4 is 5.32 Å². The zero-order valence-corrected chi connectivity index (χ0v) is 14.9. The third-order valence-corrected chi connectivity index (χ3v) is 5.22. The molecule has 1 aromatic rings. The minimum Gasteiger partial charge on any atom is -0.326 e. The molecule has 0 radical (unpaired) electrons. The minimum absolute atomic E-state index is 0.215. The molecule has 1 fully saturated rings. The average molecular weight is 316 g/mol. The summed E-state index contributed by atoms with van der Waals surface area (Å²) >= 11 is 0. The second-order valence-electron chi connectivity index (χ2n) is 7.15. The molecular weight excluding hydrogens is 282 g/mol. The Hall–Kier alpha value is -1.31. The number of unbranched alkanes of at least 4 members (excludes halogenated alkanes) is 2. The summed E-state index contributed by atoms with van der Waals surface area (Å²) < 4.78 is 0. The first-order valence-electron chi connectivity index (χ1n) is 9.62. The highest BCUT2D eigenvalue weighted by Gasteiger charge is 2.25. The Morgan fingerprint density at radius 1 is 1.00 bits per heavy atom. The lowest BCUT2D eigenvalue weighted by molar-refractivity contribution is -0.121. The molecule has 23 heavy (non-hydrogen) atoms. The second-order valence-corrected chi connectivity index (χ2v) is 7.15. The van der Waals surface area contributed by atoms with Crippen LogP contribution in [0.15, 0.2) is 24.3 Å². The first kappa shape index (κ1) is 18.0. The molecule has 0 aliphatic heterocycles. The summed E-state index contributed by atoms with van der Waals surface area (Å²) in [5, 5.41) is 3.11. The number of hydrogen-bond donors (Lipinski definition) is 1. The van der Waals surface area contributed by atoms with Gasteiger partial charge in [0.1, 0.15) is 0 Å². The third kappa shape index (κ3) is 6.01. The number of hydrogen-bond acceptors (Lipinski definition) is 1. The Morgan fingerprint density at radius 3 is 2.26 bits per heavy atom. The van der Waals surface area contributed by atoms with Crippen LogP contribution in [0.4, 0.5) is 5.69 Å². The molecule has 0 saturated heterocycles. The highest BCUT2D eigenvalue weighted by Crippen LogP contribution is 2.32. The van der Waals surface area contributed by atoms with E-state index in [4.69, 9.17) is 0 Å². The SMILES string of the molecule is CCCCc1ccc(NC(=O)C2CCC(CCCC)CC2)cc1. The molecule has 2 heteroatoms. The highest BCUT2D eigenvalue weighted by molar-refractivity contribution is 5.92. The molecule has 128 valence electrons. The molecule has 1 amide bonds. The van der Waals surface area contributed by atoms with E-state index in [0.717, 1.165) is 30.9 Å². The van der Waals surface area contributed by atoms with Crippen LogP contribution in [0.2, 0.25) is 0 Å². The molecule has 0 aromatic heterocycles. The summed E-state index contributed by atoms with van der Waals surface area (Å²) in [6.07, 6.45) is 12.1. The molecule has 1 aliphatic carbocycles. The summed E-state index contributed by atoms with van der Waals surface area (Å²) in [6, 6.07) is 8.39. The predicted octanol–water partition coefficient (Wildman–Crippen LogP) is 5.96. The first-order chi connectivity index (χ1) is 11.2. The van der Waals surface area contributed by atoms with E-state index in [0.29, 0.717) is 0 Å². The van der Waals surface area contributed by atoms with Gasteiger partial charge in [-0.1, -0.05) is 51.7 Å². The van der Waals surface area contributed by atoms with Gasteiger partial charge in [-0.25, -0.2) is 0 Å². The average Bonchev–Trinajstić information content (AvgIpc) is 2.59. The van der Waals surface area contributed by atoms with Gasteiger partial charge in [-0.05, 0) is 62.1 Å². The molecule has 1 aromatic carbocycles. The summed E-state index contributed by atoms with van der Waals surface area (Å²) in [5.41, 5.74) is 2.31. The van der Waals surface area contributed by atoms with E-state index >= 15 is 0 Å². The summed E-state index contributed by atoms with van der Waals surface area (Å²) in [5.74, 6) is 1.30. The van der Waals surface area contributed by atoms with Gasteiger partial charge in [-0.3, -0.25) is 4.79 Å². The number of nitrogens with one attached hydrogen (secondary N) is 1. The predicted molar refractivity (Wildman–Crippen MR) is 98.7 cm³/mol. The zero-order chi connectivity index (χ0) is 16.5. The maximum atomic E-state index is 12.4. The summed E-state index contributed by atoms with van der Waals surface area (Å²) in [4.78, 5) is 12.4. The smallest absolute Gasteiger partial charge is 0.227 e. The number of carbonyl (C=O) groups is 1. The van der Waals surface area contributed by atoms with Crippen LogP contribution in [0, 0.1) is 11.8 Å².